The quantitative estimate of drug-likeness (QED) is 0.842. The molecular weight excluding hydrogens is 357 g/mol. The van der Waals surface area contributed by atoms with Gasteiger partial charge in [0.05, 0.1) is 0 Å². The molecule has 1 heterocycles. The van der Waals surface area contributed by atoms with E-state index < -0.39 is 5.54 Å². The SMILES string of the molecule is CC(N)(C(=O)Nc1cccc(N2CCCC2)c1)c1ccccc1.Cl.Cl. The van der Waals surface area contributed by atoms with Crippen molar-refractivity contribution in [1.82, 2.24) is 0 Å². The minimum absolute atomic E-state index is 0. The van der Waals surface area contributed by atoms with Gasteiger partial charge in [0.1, 0.15) is 5.54 Å². The lowest BCUT2D eigenvalue weighted by molar-refractivity contribution is -0.120. The van der Waals surface area contributed by atoms with Gasteiger partial charge in [-0.25, -0.2) is 0 Å². The first-order valence-electron chi connectivity index (χ1n) is 8.08. The molecule has 4 nitrogen and oxygen atoms in total. The Morgan fingerprint density at radius 2 is 1.68 bits per heavy atom. The Morgan fingerprint density at radius 1 is 1.04 bits per heavy atom. The van der Waals surface area contributed by atoms with Crippen LogP contribution in [0.25, 0.3) is 0 Å². The van der Waals surface area contributed by atoms with Crippen molar-refractivity contribution in [2.24, 2.45) is 5.73 Å². The molecule has 1 unspecified atom stereocenters. The van der Waals surface area contributed by atoms with Crippen LogP contribution in [0.1, 0.15) is 25.3 Å². The maximum absolute atomic E-state index is 12.6. The van der Waals surface area contributed by atoms with Gasteiger partial charge in [-0.15, -0.1) is 24.8 Å². The van der Waals surface area contributed by atoms with Gasteiger partial charge in [-0.05, 0) is 43.5 Å². The van der Waals surface area contributed by atoms with Crippen molar-refractivity contribution in [2.45, 2.75) is 25.3 Å². The summed E-state index contributed by atoms with van der Waals surface area (Å²) >= 11 is 0. The number of nitrogens with one attached hydrogen (secondary N) is 1. The number of nitrogens with zero attached hydrogens (tertiary/aromatic N) is 1. The number of hydrogen-bond acceptors (Lipinski definition) is 3. The van der Waals surface area contributed by atoms with Gasteiger partial charge in [0.15, 0.2) is 0 Å². The lowest BCUT2D eigenvalue weighted by atomic mass is 9.92. The molecule has 3 rings (SSSR count). The van der Waals surface area contributed by atoms with Crippen LogP contribution in [0, 0.1) is 0 Å². The minimum Gasteiger partial charge on any atom is -0.371 e. The normalized spacial score (nSPS) is 15.5. The van der Waals surface area contributed by atoms with E-state index in [9.17, 15) is 4.79 Å². The van der Waals surface area contributed by atoms with Gasteiger partial charge in [-0.3, -0.25) is 4.79 Å². The van der Waals surface area contributed by atoms with E-state index in [0.717, 1.165) is 30.0 Å². The van der Waals surface area contributed by atoms with Gasteiger partial charge in [0.2, 0.25) is 5.91 Å². The number of carbonyl (C=O) groups is 1. The van der Waals surface area contributed by atoms with E-state index in [0.29, 0.717) is 0 Å². The lowest BCUT2D eigenvalue weighted by Crippen LogP contribution is -2.45. The number of carbonyl (C=O) groups excluding carboxylic acids is 1. The van der Waals surface area contributed by atoms with Crippen LogP contribution in [0.3, 0.4) is 0 Å². The first-order valence-corrected chi connectivity index (χ1v) is 8.08. The highest BCUT2D eigenvalue weighted by molar-refractivity contribution is 5.98. The third-order valence-electron chi connectivity index (χ3n) is 4.42. The molecule has 1 saturated heterocycles. The third kappa shape index (κ3) is 4.88. The summed E-state index contributed by atoms with van der Waals surface area (Å²) in [5.74, 6) is -0.206. The average molecular weight is 382 g/mol. The molecule has 1 aliphatic rings. The van der Waals surface area contributed by atoms with Crippen LogP contribution in [0.2, 0.25) is 0 Å². The van der Waals surface area contributed by atoms with Crippen molar-refractivity contribution in [3.8, 4) is 0 Å². The molecule has 1 aliphatic heterocycles. The molecule has 0 spiro atoms. The lowest BCUT2D eigenvalue weighted by Gasteiger charge is -2.25. The molecule has 6 heteroatoms. The molecule has 0 radical (unpaired) electrons. The zero-order valence-corrected chi connectivity index (χ0v) is 15.9. The number of benzene rings is 2. The smallest absolute Gasteiger partial charge is 0.248 e. The van der Waals surface area contributed by atoms with Crippen molar-refractivity contribution in [1.29, 1.82) is 0 Å². The average Bonchev–Trinajstić information content (AvgIpc) is 3.10. The maximum atomic E-state index is 12.6. The molecule has 0 aromatic heterocycles. The summed E-state index contributed by atoms with van der Waals surface area (Å²) in [7, 11) is 0. The molecular formula is C19H25Cl2N3O. The molecule has 1 atom stereocenters. The monoisotopic (exact) mass is 381 g/mol. The Labute approximate surface area is 161 Å². The van der Waals surface area contributed by atoms with E-state index in [-0.39, 0.29) is 30.7 Å². The molecule has 2 aromatic rings. The second kappa shape index (κ2) is 9.09. The fourth-order valence-electron chi connectivity index (χ4n) is 2.93. The van der Waals surface area contributed by atoms with E-state index in [1.54, 1.807) is 6.92 Å². The van der Waals surface area contributed by atoms with Gasteiger partial charge in [0, 0.05) is 24.5 Å². The number of amides is 1. The molecule has 25 heavy (non-hydrogen) atoms. The van der Waals surface area contributed by atoms with Crippen LogP contribution < -0.4 is 16.0 Å². The van der Waals surface area contributed by atoms with Gasteiger partial charge in [-0.2, -0.15) is 0 Å². The number of nitrogens with two attached hydrogens (primary N) is 1. The molecule has 3 N–H and O–H groups in total. The summed E-state index contributed by atoms with van der Waals surface area (Å²) in [6.07, 6.45) is 2.46. The second-order valence-corrected chi connectivity index (χ2v) is 6.27. The fourth-order valence-corrected chi connectivity index (χ4v) is 2.93. The van der Waals surface area contributed by atoms with E-state index in [4.69, 9.17) is 5.73 Å². The minimum atomic E-state index is -1.06. The van der Waals surface area contributed by atoms with Crippen LogP contribution in [-0.4, -0.2) is 19.0 Å². The summed E-state index contributed by atoms with van der Waals surface area (Å²) < 4.78 is 0. The highest BCUT2D eigenvalue weighted by Crippen LogP contribution is 2.25. The third-order valence-corrected chi connectivity index (χ3v) is 4.42. The molecule has 0 bridgehead atoms. The summed E-state index contributed by atoms with van der Waals surface area (Å²) in [6, 6.07) is 17.4. The van der Waals surface area contributed by atoms with Crippen molar-refractivity contribution in [3.63, 3.8) is 0 Å². The molecule has 1 fully saturated rings. The van der Waals surface area contributed by atoms with Crippen molar-refractivity contribution in [3.05, 3.63) is 60.2 Å². The molecule has 136 valence electrons. The van der Waals surface area contributed by atoms with Crippen LogP contribution in [0.5, 0.6) is 0 Å². The molecule has 1 amide bonds. The highest BCUT2D eigenvalue weighted by Gasteiger charge is 2.30. The Hall–Kier alpha value is -1.75. The van der Waals surface area contributed by atoms with Crippen LogP contribution >= 0.6 is 24.8 Å². The molecule has 2 aromatic carbocycles. The highest BCUT2D eigenvalue weighted by atomic mass is 35.5. The van der Waals surface area contributed by atoms with Gasteiger partial charge >= 0.3 is 0 Å². The summed E-state index contributed by atoms with van der Waals surface area (Å²) in [5.41, 5.74) is 7.94. The molecule has 0 saturated carbocycles. The summed E-state index contributed by atoms with van der Waals surface area (Å²) in [4.78, 5) is 15.0. The van der Waals surface area contributed by atoms with E-state index >= 15 is 0 Å². The van der Waals surface area contributed by atoms with Crippen molar-refractivity contribution >= 4 is 42.1 Å². The number of rotatable bonds is 4. The van der Waals surface area contributed by atoms with Gasteiger partial charge in [0.25, 0.3) is 0 Å². The Bertz CT molecular complexity index is 686. The van der Waals surface area contributed by atoms with Crippen LogP contribution in [0.4, 0.5) is 11.4 Å². The Kier molecular flexibility index (Phi) is 7.74. The number of hydrogen-bond donors (Lipinski definition) is 2. The van der Waals surface area contributed by atoms with Crippen LogP contribution in [0.15, 0.2) is 54.6 Å². The second-order valence-electron chi connectivity index (χ2n) is 6.27. The predicted octanol–water partition coefficient (Wildman–Crippen LogP) is 3.94. The summed E-state index contributed by atoms with van der Waals surface area (Å²) in [5, 5.41) is 2.95. The zero-order valence-electron chi connectivity index (χ0n) is 14.3. The molecule has 0 aliphatic carbocycles. The topological polar surface area (TPSA) is 58.4 Å². The Morgan fingerprint density at radius 3 is 2.32 bits per heavy atom. The van der Waals surface area contributed by atoms with Gasteiger partial charge in [-0.1, -0.05) is 36.4 Å². The maximum Gasteiger partial charge on any atom is 0.248 e. The van der Waals surface area contributed by atoms with E-state index in [1.807, 2.05) is 48.5 Å². The van der Waals surface area contributed by atoms with Crippen LogP contribution in [-0.2, 0) is 10.3 Å². The predicted molar refractivity (Wildman–Crippen MR) is 109 cm³/mol. The van der Waals surface area contributed by atoms with Crippen molar-refractivity contribution < 1.29 is 4.79 Å². The summed E-state index contributed by atoms with van der Waals surface area (Å²) in [6.45, 7) is 3.90. The fraction of sp³-hybridized carbons (Fsp3) is 0.316. The first-order chi connectivity index (χ1) is 11.1. The zero-order chi connectivity index (χ0) is 16.3. The van der Waals surface area contributed by atoms with Crippen molar-refractivity contribution in [2.75, 3.05) is 23.3 Å². The van der Waals surface area contributed by atoms with E-state index in [2.05, 4.69) is 16.3 Å². The first kappa shape index (κ1) is 21.3. The van der Waals surface area contributed by atoms with E-state index in [1.165, 1.54) is 12.8 Å². The number of anilines is 2. The van der Waals surface area contributed by atoms with Gasteiger partial charge < -0.3 is 16.0 Å². The largest absolute Gasteiger partial charge is 0.371 e. The number of halogens is 2. The Balaban J connectivity index is 0.00000156. The standard InChI is InChI=1S/C19H23N3O.2ClH/c1-19(20,15-8-3-2-4-9-15)18(23)21-16-10-7-11-17(14-16)22-12-5-6-13-22;;/h2-4,7-11,14H,5-6,12-13,20H2,1H3,(H,21,23);2*1H.